The lowest BCUT2D eigenvalue weighted by atomic mass is 10.0. The zero-order valence-corrected chi connectivity index (χ0v) is 23.5. The van der Waals surface area contributed by atoms with Crippen LogP contribution in [0.1, 0.15) is 96.1 Å². The van der Waals surface area contributed by atoms with Crippen molar-refractivity contribution in [2.24, 2.45) is 0 Å². The number of hydrogen-bond donors (Lipinski definition) is 0. The number of benzene rings is 2. The van der Waals surface area contributed by atoms with Gasteiger partial charge in [0.15, 0.2) is 6.04 Å². The van der Waals surface area contributed by atoms with E-state index in [0.717, 1.165) is 18.7 Å². The largest absolute Gasteiger partial charge is 0.455 e. The van der Waals surface area contributed by atoms with Gasteiger partial charge in [0.1, 0.15) is 12.3 Å². The summed E-state index contributed by atoms with van der Waals surface area (Å²) in [5.41, 5.74) is 2.54. The summed E-state index contributed by atoms with van der Waals surface area (Å²) in [6, 6.07) is 18.3. The first-order chi connectivity index (χ1) is 17.4. The van der Waals surface area contributed by atoms with Gasteiger partial charge in [0, 0.05) is 18.9 Å². The standard InChI is InChI=1S/C32H50NO3/c1-6-8-9-10-11-12-13-14-16-19-28-22-24-30(25-23-28)35-27(3)36-32(34)31(7-2)33(4,5)26-29-20-17-15-18-21-29/h15,17-18,20-25,27,31H,6-14,16,19,26H2,1-5H3/q+1. The topological polar surface area (TPSA) is 35.5 Å². The molecule has 4 heteroatoms. The lowest BCUT2D eigenvalue weighted by Crippen LogP contribution is -2.53. The van der Waals surface area contributed by atoms with Crippen LogP contribution in [0.25, 0.3) is 0 Å². The average Bonchev–Trinajstić information content (AvgIpc) is 2.84. The predicted octanol–water partition coefficient (Wildman–Crippen LogP) is 8.08. The molecule has 0 amide bonds. The molecule has 36 heavy (non-hydrogen) atoms. The Hall–Kier alpha value is -2.33. The molecule has 0 aliphatic rings. The average molecular weight is 497 g/mol. The first-order valence-corrected chi connectivity index (χ1v) is 14.2. The van der Waals surface area contributed by atoms with E-state index in [9.17, 15) is 4.79 Å². The van der Waals surface area contributed by atoms with Crippen molar-refractivity contribution in [2.75, 3.05) is 14.1 Å². The molecule has 200 valence electrons. The number of carbonyl (C=O) groups excluding carboxylic acids is 1. The number of ether oxygens (including phenoxy) is 2. The molecule has 2 unspecified atom stereocenters. The van der Waals surface area contributed by atoms with Gasteiger partial charge in [0.25, 0.3) is 0 Å². The molecular weight excluding hydrogens is 446 g/mol. The number of aryl methyl sites for hydroxylation is 1. The Morgan fingerprint density at radius 3 is 1.94 bits per heavy atom. The van der Waals surface area contributed by atoms with E-state index in [-0.39, 0.29) is 12.0 Å². The molecule has 0 N–H and O–H groups in total. The fourth-order valence-corrected chi connectivity index (χ4v) is 4.94. The molecule has 0 fully saturated rings. The highest BCUT2D eigenvalue weighted by atomic mass is 16.7. The smallest absolute Gasteiger partial charge is 0.368 e. The molecule has 2 atom stereocenters. The van der Waals surface area contributed by atoms with Crippen LogP contribution in [0.3, 0.4) is 0 Å². The van der Waals surface area contributed by atoms with Crippen molar-refractivity contribution < 1.29 is 18.8 Å². The van der Waals surface area contributed by atoms with E-state index in [1.54, 1.807) is 6.92 Å². The van der Waals surface area contributed by atoms with E-state index in [0.29, 0.717) is 10.9 Å². The van der Waals surface area contributed by atoms with Crippen molar-refractivity contribution >= 4 is 5.97 Å². The molecule has 0 aliphatic heterocycles. The molecule has 0 saturated carbocycles. The maximum absolute atomic E-state index is 13.0. The molecule has 0 spiro atoms. The Labute approximate surface area is 220 Å². The number of esters is 1. The van der Waals surface area contributed by atoms with Gasteiger partial charge in [-0.05, 0) is 30.5 Å². The Balaban J connectivity index is 1.73. The SMILES string of the molecule is CCCCCCCCCCCc1ccc(OC(C)OC(=O)C(CC)[N+](C)(C)Cc2ccccc2)cc1. The molecule has 0 radical (unpaired) electrons. The van der Waals surface area contributed by atoms with Crippen LogP contribution < -0.4 is 4.74 Å². The van der Waals surface area contributed by atoms with Gasteiger partial charge >= 0.3 is 5.97 Å². The first-order valence-electron chi connectivity index (χ1n) is 14.2. The lowest BCUT2D eigenvalue weighted by molar-refractivity contribution is -0.919. The summed E-state index contributed by atoms with van der Waals surface area (Å²) >= 11 is 0. The van der Waals surface area contributed by atoms with E-state index >= 15 is 0 Å². The van der Waals surface area contributed by atoms with E-state index in [1.165, 1.54) is 68.9 Å². The summed E-state index contributed by atoms with van der Waals surface area (Å²) in [4.78, 5) is 13.0. The molecule has 0 bridgehead atoms. The maximum Gasteiger partial charge on any atom is 0.368 e. The quantitative estimate of drug-likeness (QED) is 0.0905. The van der Waals surface area contributed by atoms with Crippen molar-refractivity contribution in [2.45, 2.75) is 110 Å². The highest BCUT2D eigenvalue weighted by Gasteiger charge is 2.36. The summed E-state index contributed by atoms with van der Waals surface area (Å²) in [6.45, 7) is 6.86. The number of unbranched alkanes of at least 4 members (excludes halogenated alkanes) is 8. The number of likely N-dealkylation sites (N-methyl/N-ethyl adjacent to an activating group) is 1. The van der Waals surface area contributed by atoms with Crippen LogP contribution in [0.4, 0.5) is 0 Å². The molecule has 0 aromatic heterocycles. The fraction of sp³-hybridized carbons (Fsp3) is 0.594. The zero-order chi connectivity index (χ0) is 26.2. The van der Waals surface area contributed by atoms with E-state index in [2.05, 4.69) is 45.3 Å². The molecule has 0 saturated heterocycles. The lowest BCUT2D eigenvalue weighted by Gasteiger charge is -2.36. The fourth-order valence-electron chi connectivity index (χ4n) is 4.94. The highest BCUT2D eigenvalue weighted by Crippen LogP contribution is 2.20. The third-order valence-electron chi connectivity index (χ3n) is 7.01. The molecule has 0 heterocycles. The number of nitrogens with zero attached hydrogens (tertiary/aromatic N) is 1. The van der Waals surface area contributed by atoms with Gasteiger partial charge in [-0.2, -0.15) is 0 Å². The number of quaternary nitrogens is 1. The molecule has 2 aromatic rings. The van der Waals surface area contributed by atoms with Crippen LogP contribution in [-0.4, -0.2) is 36.9 Å². The number of carbonyl (C=O) groups is 1. The molecule has 4 nitrogen and oxygen atoms in total. The Morgan fingerprint density at radius 1 is 0.778 bits per heavy atom. The van der Waals surface area contributed by atoms with Crippen molar-refractivity contribution in [1.29, 1.82) is 0 Å². The summed E-state index contributed by atoms with van der Waals surface area (Å²) in [5, 5.41) is 0. The van der Waals surface area contributed by atoms with Gasteiger partial charge in [0.2, 0.25) is 6.29 Å². The van der Waals surface area contributed by atoms with Crippen LogP contribution in [0.2, 0.25) is 0 Å². The van der Waals surface area contributed by atoms with Gasteiger partial charge < -0.3 is 14.0 Å². The van der Waals surface area contributed by atoms with Gasteiger partial charge in [-0.1, -0.05) is 108 Å². The molecular formula is C32H50NO3+. The summed E-state index contributed by atoms with van der Waals surface area (Å²) in [5.74, 6) is 0.519. The molecule has 2 rings (SSSR count). The summed E-state index contributed by atoms with van der Waals surface area (Å²) in [6.07, 6.45) is 13.3. The second kappa shape index (κ2) is 16.4. The van der Waals surface area contributed by atoms with Crippen LogP contribution in [0.15, 0.2) is 54.6 Å². The van der Waals surface area contributed by atoms with E-state index < -0.39 is 6.29 Å². The van der Waals surface area contributed by atoms with Crippen molar-refractivity contribution in [1.82, 2.24) is 0 Å². The minimum atomic E-state index is -0.633. The molecule has 0 aliphatic carbocycles. The predicted molar refractivity (Wildman–Crippen MR) is 150 cm³/mol. The Bertz CT molecular complexity index is 847. The van der Waals surface area contributed by atoms with Gasteiger partial charge in [-0.3, -0.25) is 0 Å². The van der Waals surface area contributed by atoms with E-state index in [1.807, 2.05) is 37.3 Å². The Kier molecular flexibility index (Phi) is 13.6. The minimum Gasteiger partial charge on any atom is -0.455 e. The normalized spacial score (nSPS) is 13.2. The molecule has 2 aromatic carbocycles. The van der Waals surface area contributed by atoms with Crippen LogP contribution in [0.5, 0.6) is 5.75 Å². The highest BCUT2D eigenvalue weighted by molar-refractivity contribution is 5.74. The Morgan fingerprint density at radius 2 is 1.36 bits per heavy atom. The van der Waals surface area contributed by atoms with Crippen LogP contribution in [0, 0.1) is 0 Å². The van der Waals surface area contributed by atoms with Gasteiger partial charge in [0.05, 0.1) is 14.1 Å². The zero-order valence-electron chi connectivity index (χ0n) is 23.5. The van der Waals surface area contributed by atoms with Crippen LogP contribution >= 0.6 is 0 Å². The number of hydrogen-bond acceptors (Lipinski definition) is 3. The second-order valence-corrected chi connectivity index (χ2v) is 10.7. The maximum atomic E-state index is 13.0. The minimum absolute atomic E-state index is 0.215. The van der Waals surface area contributed by atoms with Crippen LogP contribution in [-0.2, 0) is 22.5 Å². The summed E-state index contributed by atoms with van der Waals surface area (Å²) in [7, 11) is 4.17. The third-order valence-corrected chi connectivity index (χ3v) is 7.01. The van der Waals surface area contributed by atoms with E-state index in [4.69, 9.17) is 9.47 Å². The monoisotopic (exact) mass is 496 g/mol. The van der Waals surface area contributed by atoms with Crippen molar-refractivity contribution in [3.8, 4) is 5.75 Å². The van der Waals surface area contributed by atoms with Crippen molar-refractivity contribution in [3.05, 3.63) is 65.7 Å². The number of rotatable bonds is 18. The third kappa shape index (κ3) is 11.2. The summed E-state index contributed by atoms with van der Waals surface area (Å²) < 4.78 is 12.2. The first kappa shape index (κ1) is 29.9. The van der Waals surface area contributed by atoms with Gasteiger partial charge in [-0.15, -0.1) is 0 Å². The van der Waals surface area contributed by atoms with Crippen molar-refractivity contribution in [3.63, 3.8) is 0 Å². The second-order valence-electron chi connectivity index (χ2n) is 10.7. The van der Waals surface area contributed by atoms with Gasteiger partial charge in [-0.25, -0.2) is 4.79 Å².